The highest BCUT2D eigenvalue weighted by molar-refractivity contribution is 5.89. The highest BCUT2D eigenvalue weighted by atomic mass is 16.5. The van der Waals surface area contributed by atoms with Gasteiger partial charge < -0.3 is 14.2 Å². The minimum absolute atomic E-state index is 0.120. The Kier molecular flexibility index (Phi) is 3.55. The summed E-state index contributed by atoms with van der Waals surface area (Å²) in [6, 6.07) is 7.64. The van der Waals surface area contributed by atoms with Gasteiger partial charge in [-0.25, -0.2) is 4.79 Å². The minimum Gasteiger partial charge on any atom is -0.497 e. The molecule has 4 heteroatoms. The molecule has 0 amide bonds. The van der Waals surface area contributed by atoms with Crippen LogP contribution >= 0.6 is 0 Å². The van der Waals surface area contributed by atoms with Crippen LogP contribution in [0.3, 0.4) is 0 Å². The average molecular weight is 248 g/mol. The lowest BCUT2D eigenvalue weighted by molar-refractivity contribution is -0.136. The molecule has 0 bridgehead atoms. The first kappa shape index (κ1) is 12.5. The van der Waals surface area contributed by atoms with Gasteiger partial charge in [0.1, 0.15) is 17.6 Å². The molecule has 0 fully saturated rings. The van der Waals surface area contributed by atoms with Gasteiger partial charge in [-0.05, 0) is 24.6 Å². The predicted octanol–water partition coefficient (Wildman–Crippen LogP) is 2.60. The Balaban J connectivity index is 2.12. The third kappa shape index (κ3) is 2.32. The number of benzene rings is 1. The Hall–Kier alpha value is -1.97. The summed E-state index contributed by atoms with van der Waals surface area (Å²) in [6.07, 6.45) is 0.426. The van der Waals surface area contributed by atoms with E-state index in [4.69, 9.17) is 14.2 Å². The van der Waals surface area contributed by atoms with Gasteiger partial charge in [0.15, 0.2) is 0 Å². The molecule has 0 saturated carbocycles. The lowest BCUT2D eigenvalue weighted by atomic mass is 10.0. The van der Waals surface area contributed by atoms with Crippen molar-refractivity contribution in [1.82, 2.24) is 0 Å². The molecule has 1 aromatic carbocycles. The van der Waals surface area contributed by atoms with Crippen molar-refractivity contribution in [1.29, 1.82) is 0 Å². The summed E-state index contributed by atoms with van der Waals surface area (Å²) in [7, 11) is 3.01. The van der Waals surface area contributed by atoms with Crippen molar-refractivity contribution in [3.05, 3.63) is 41.2 Å². The van der Waals surface area contributed by atoms with Gasteiger partial charge in [0.25, 0.3) is 0 Å². The summed E-state index contributed by atoms with van der Waals surface area (Å²) in [5.74, 6) is 1.13. The fourth-order valence-electron chi connectivity index (χ4n) is 2.01. The summed E-state index contributed by atoms with van der Waals surface area (Å²) >= 11 is 0. The van der Waals surface area contributed by atoms with Gasteiger partial charge >= 0.3 is 5.97 Å². The van der Waals surface area contributed by atoms with E-state index in [1.807, 2.05) is 24.3 Å². The number of allylic oxidation sites excluding steroid dienone is 1. The second-order valence-electron chi connectivity index (χ2n) is 4.11. The lowest BCUT2D eigenvalue weighted by Crippen LogP contribution is -2.04. The second-order valence-corrected chi connectivity index (χ2v) is 4.11. The van der Waals surface area contributed by atoms with Gasteiger partial charge in [0.05, 0.1) is 19.8 Å². The molecule has 0 saturated heterocycles. The van der Waals surface area contributed by atoms with E-state index in [0.717, 1.165) is 11.3 Å². The van der Waals surface area contributed by atoms with E-state index < -0.39 is 0 Å². The molecule has 4 nitrogen and oxygen atoms in total. The summed E-state index contributed by atoms with van der Waals surface area (Å²) in [4.78, 5) is 11.5. The van der Waals surface area contributed by atoms with Crippen molar-refractivity contribution >= 4 is 5.97 Å². The summed E-state index contributed by atoms with van der Waals surface area (Å²) < 4.78 is 15.5. The molecule has 0 aromatic heterocycles. The van der Waals surface area contributed by atoms with Crippen molar-refractivity contribution in [2.45, 2.75) is 19.4 Å². The monoisotopic (exact) mass is 248 g/mol. The zero-order chi connectivity index (χ0) is 13.1. The van der Waals surface area contributed by atoms with Crippen LogP contribution in [0.4, 0.5) is 0 Å². The average Bonchev–Trinajstić information content (AvgIpc) is 2.80. The van der Waals surface area contributed by atoms with E-state index >= 15 is 0 Å². The van der Waals surface area contributed by atoms with Crippen LogP contribution < -0.4 is 4.74 Å². The number of hydrogen-bond donors (Lipinski definition) is 0. The minimum atomic E-state index is -0.316. The van der Waals surface area contributed by atoms with Crippen LogP contribution in [0.1, 0.15) is 25.0 Å². The molecule has 0 unspecified atom stereocenters. The molecule has 0 spiro atoms. The Morgan fingerprint density at radius 3 is 2.50 bits per heavy atom. The van der Waals surface area contributed by atoms with Crippen LogP contribution in [0, 0.1) is 0 Å². The smallest absolute Gasteiger partial charge is 0.337 e. The molecule has 0 N–H and O–H groups in total. The van der Waals surface area contributed by atoms with Crippen LogP contribution in [0.2, 0.25) is 0 Å². The van der Waals surface area contributed by atoms with E-state index in [0.29, 0.717) is 17.8 Å². The summed E-state index contributed by atoms with van der Waals surface area (Å²) in [5.41, 5.74) is 1.63. The van der Waals surface area contributed by atoms with Gasteiger partial charge in [-0.3, -0.25) is 0 Å². The van der Waals surface area contributed by atoms with Crippen LogP contribution in [-0.4, -0.2) is 20.2 Å². The predicted molar refractivity (Wildman–Crippen MR) is 66.2 cm³/mol. The number of methoxy groups -OCH3 is 2. The Morgan fingerprint density at radius 2 is 1.94 bits per heavy atom. The SMILES string of the molecule is COC(=O)C1=C(C)O[C@@H](c2ccc(OC)cc2)C1. The van der Waals surface area contributed by atoms with Gasteiger partial charge in [0.2, 0.25) is 0 Å². The van der Waals surface area contributed by atoms with E-state index in [2.05, 4.69) is 0 Å². The highest BCUT2D eigenvalue weighted by Crippen LogP contribution is 2.36. The molecule has 0 radical (unpaired) electrons. The first-order valence-electron chi connectivity index (χ1n) is 5.74. The third-order valence-corrected chi connectivity index (χ3v) is 3.05. The van der Waals surface area contributed by atoms with Gasteiger partial charge in [0, 0.05) is 6.42 Å². The maximum absolute atomic E-state index is 11.5. The molecule has 1 aromatic rings. The normalized spacial score (nSPS) is 18.5. The van der Waals surface area contributed by atoms with Gasteiger partial charge in [-0.15, -0.1) is 0 Å². The standard InChI is InChI=1S/C14H16O4/c1-9-12(14(15)17-3)8-13(18-9)10-4-6-11(16-2)7-5-10/h4-7,13H,8H2,1-3H3/t13-/m1/s1. The molecule has 1 atom stereocenters. The fraction of sp³-hybridized carbons (Fsp3) is 0.357. The first-order chi connectivity index (χ1) is 8.65. The van der Waals surface area contributed by atoms with E-state index in [1.165, 1.54) is 7.11 Å². The molecule has 96 valence electrons. The van der Waals surface area contributed by atoms with Crippen LogP contribution in [0.15, 0.2) is 35.6 Å². The molecule has 1 aliphatic rings. The first-order valence-corrected chi connectivity index (χ1v) is 5.74. The topological polar surface area (TPSA) is 44.8 Å². The molecule has 2 rings (SSSR count). The third-order valence-electron chi connectivity index (χ3n) is 3.05. The lowest BCUT2D eigenvalue weighted by Gasteiger charge is -2.12. The summed E-state index contributed by atoms with van der Waals surface area (Å²) in [5, 5.41) is 0. The maximum atomic E-state index is 11.5. The molecule has 18 heavy (non-hydrogen) atoms. The summed E-state index contributed by atoms with van der Waals surface area (Å²) in [6.45, 7) is 1.79. The number of ether oxygens (including phenoxy) is 3. The van der Waals surface area contributed by atoms with Crippen molar-refractivity contribution in [2.75, 3.05) is 14.2 Å². The zero-order valence-electron chi connectivity index (χ0n) is 10.7. The highest BCUT2D eigenvalue weighted by Gasteiger charge is 2.29. The van der Waals surface area contributed by atoms with E-state index in [1.54, 1.807) is 14.0 Å². The number of hydrogen-bond acceptors (Lipinski definition) is 4. The van der Waals surface area contributed by atoms with Crippen LogP contribution in [0.25, 0.3) is 0 Å². The molecule has 1 heterocycles. The van der Waals surface area contributed by atoms with Gasteiger partial charge in [-0.2, -0.15) is 0 Å². The van der Waals surface area contributed by atoms with E-state index in [9.17, 15) is 4.79 Å². The zero-order valence-corrected chi connectivity index (χ0v) is 10.7. The van der Waals surface area contributed by atoms with Crippen molar-refractivity contribution in [2.24, 2.45) is 0 Å². The quantitative estimate of drug-likeness (QED) is 0.771. The van der Waals surface area contributed by atoms with Crippen LogP contribution in [0.5, 0.6) is 5.75 Å². The Bertz CT molecular complexity index is 473. The molecule has 0 aliphatic carbocycles. The molecular formula is C14H16O4. The second kappa shape index (κ2) is 5.12. The van der Waals surface area contributed by atoms with Crippen LogP contribution in [-0.2, 0) is 14.3 Å². The van der Waals surface area contributed by atoms with Gasteiger partial charge in [-0.1, -0.05) is 12.1 Å². The van der Waals surface area contributed by atoms with Crippen molar-refractivity contribution in [3.63, 3.8) is 0 Å². The number of carbonyl (C=O) groups excluding carboxylic acids is 1. The Labute approximate surface area is 106 Å². The number of rotatable bonds is 3. The largest absolute Gasteiger partial charge is 0.497 e. The maximum Gasteiger partial charge on any atom is 0.337 e. The Morgan fingerprint density at radius 1 is 1.28 bits per heavy atom. The number of esters is 1. The number of carbonyl (C=O) groups is 1. The molecular weight excluding hydrogens is 232 g/mol. The van der Waals surface area contributed by atoms with Crippen molar-refractivity contribution < 1.29 is 19.0 Å². The molecule has 1 aliphatic heterocycles. The van der Waals surface area contributed by atoms with E-state index in [-0.39, 0.29) is 12.1 Å². The van der Waals surface area contributed by atoms with Crippen molar-refractivity contribution in [3.8, 4) is 5.75 Å². The fourth-order valence-corrected chi connectivity index (χ4v) is 2.01.